The molecule has 0 radical (unpaired) electrons. The predicted octanol–water partition coefficient (Wildman–Crippen LogP) is 3.22. The van der Waals surface area contributed by atoms with E-state index in [1.807, 2.05) is 42.6 Å². The molecule has 6 heteroatoms. The van der Waals surface area contributed by atoms with Crippen molar-refractivity contribution in [1.82, 2.24) is 9.38 Å². The first-order valence-corrected chi connectivity index (χ1v) is 8.02. The average molecular weight is 337 g/mol. The molecule has 0 spiro atoms. The summed E-state index contributed by atoms with van der Waals surface area (Å²) in [6, 6.07) is 10.5. The van der Waals surface area contributed by atoms with Crippen LogP contribution in [0.4, 0.5) is 5.69 Å². The van der Waals surface area contributed by atoms with Gasteiger partial charge in [0.15, 0.2) is 0 Å². The number of aryl methyl sites for hydroxylation is 3. The smallest absolute Gasteiger partial charge is 0.335 e. The third-order valence-corrected chi connectivity index (χ3v) is 4.18. The van der Waals surface area contributed by atoms with Crippen LogP contribution < -0.4 is 5.32 Å². The summed E-state index contributed by atoms with van der Waals surface area (Å²) >= 11 is 0. The highest BCUT2D eigenvalue weighted by atomic mass is 16.4. The maximum atomic E-state index is 12.3. The van der Waals surface area contributed by atoms with Crippen molar-refractivity contribution < 1.29 is 14.7 Å². The summed E-state index contributed by atoms with van der Waals surface area (Å²) in [5.41, 5.74) is 4.27. The molecule has 0 aliphatic heterocycles. The number of anilines is 1. The van der Waals surface area contributed by atoms with Gasteiger partial charge in [0.2, 0.25) is 5.91 Å². The van der Waals surface area contributed by atoms with Crippen LogP contribution in [0.3, 0.4) is 0 Å². The largest absolute Gasteiger partial charge is 0.478 e. The van der Waals surface area contributed by atoms with Gasteiger partial charge in [-0.3, -0.25) is 4.79 Å². The maximum Gasteiger partial charge on any atom is 0.335 e. The van der Waals surface area contributed by atoms with E-state index in [0.717, 1.165) is 22.6 Å². The summed E-state index contributed by atoms with van der Waals surface area (Å²) in [6.07, 6.45) is 2.78. The van der Waals surface area contributed by atoms with E-state index in [0.29, 0.717) is 18.5 Å². The topological polar surface area (TPSA) is 83.7 Å². The zero-order chi connectivity index (χ0) is 18.0. The Labute approximate surface area is 145 Å². The molecule has 6 nitrogen and oxygen atoms in total. The molecule has 2 heterocycles. The highest BCUT2D eigenvalue weighted by molar-refractivity contribution is 5.94. The number of carboxylic acids is 1. The van der Waals surface area contributed by atoms with Gasteiger partial charge in [-0.05, 0) is 50.1 Å². The SMILES string of the molecule is Cc1ccc(C(=O)O)cc1NC(=O)CCc1c(C)nc2ccccn12. The number of carbonyl (C=O) groups is 2. The lowest BCUT2D eigenvalue weighted by molar-refractivity contribution is -0.116. The van der Waals surface area contributed by atoms with Gasteiger partial charge in [-0.2, -0.15) is 0 Å². The molecule has 3 rings (SSSR count). The van der Waals surface area contributed by atoms with Crippen molar-refractivity contribution >= 4 is 23.2 Å². The standard InChI is InChI=1S/C19H19N3O3/c1-12-6-7-14(19(24)25)11-15(12)21-18(23)9-8-16-13(2)20-17-5-3-4-10-22(16)17/h3-7,10-11H,8-9H2,1-2H3,(H,21,23)(H,24,25). The number of carbonyl (C=O) groups excluding carboxylic acids is 1. The molecule has 0 bridgehead atoms. The van der Waals surface area contributed by atoms with E-state index in [1.54, 1.807) is 6.07 Å². The maximum absolute atomic E-state index is 12.3. The lowest BCUT2D eigenvalue weighted by Crippen LogP contribution is -2.14. The van der Waals surface area contributed by atoms with Crippen LogP contribution in [0, 0.1) is 13.8 Å². The van der Waals surface area contributed by atoms with Crippen molar-refractivity contribution in [3.8, 4) is 0 Å². The van der Waals surface area contributed by atoms with Gasteiger partial charge in [-0.1, -0.05) is 12.1 Å². The molecule has 1 amide bonds. The van der Waals surface area contributed by atoms with Crippen LogP contribution in [0.1, 0.15) is 33.7 Å². The predicted molar refractivity (Wildman–Crippen MR) is 95.0 cm³/mol. The lowest BCUT2D eigenvalue weighted by atomic mass is 10.1. The number of hydrogen-bond acceptors (Lipinski definition) is 3. The quantitative estimate of drug-likeness (QED) is 0.749. The molecule has 0 unspecified atom stereocenters. The average Bonchev–Trinajstić information content (AvgIpc) is 2.90. The molecule has 1 aromatic carbocycles. The van der Waals surface area contributed by atoms with Gasteiger partial charge in [0, 0.05) is 24.0 Å². The van der Waals surface area contributed by atoms with E-state index >= 15 is 0 Å². The van der Waals surface area contributed by atoms with Crippen LogP contribution in [-0.2, 0) is 11.2 Å². The monoisotopic (exact) mass is 337 g/mol. The number of aromatic nitrogens is 2. The van der Waals surface area contributed by atoms with Gasteiger partial charge in [0.05, 0.1) is 11.3 Å². The van der Waals surface area contributed by atoms with Crippen LogP contribution >= 0.6 is 0 Å². The summed E-state index contributed by atoms with van der Waals surface area (Å²) in [5.74, 6) is -1.17. The highest BCUT2D eigenvalue weighted by Gasteiger charge is 2.12. The molecular weight excluding hydrogens is 318 g/mol. The first-order valence-electron chi connectivity index (χ1n) is 8.02. The number of pyridine rings is 1. The van der Waals surface area contributed by atoms with E-state index in [4.69, 9.17) is 5.11 Å². The summed E-state index contributed by atoms with van der Waals surface area (Å²) in [5, 5.41) is 11.9. The molecule has 25 heavy (non-hydrogen) atoms. The molecule has 0 aliphatic rings. The molecule has 0 saturated heterocycles. The zero-order valence-electron chi connectivity index (χ0n) is 14.1. The number of fused-ring (bicyclic) bond motifs is 1. The molecule has 0 fully saturated rings. The molecule has 3 aromatic rings. The first-order chi connectivity index (χ1) is 12.0. The van der Waals surface area contributed by atoms with Crippen molar-refractivity contribution in [3.63, 3.8) is 0 Å². The Morgan fingerprint density at radius 1 is 1.20 bits per heavy atom. The van der Waals surface area contributed by atoms with Gasteiger partial charge >= 0.3 is 5.97 Å². The molecule has 0 atom stereocenters. The number of imidazole rings is 1. The Morgan fingerprint density at radius 2 is 2.00 bits per heavy atom. The fourth-order valence-electron chi connectivity index (χ4n) is 2.80. The third kappa shape index (κ3) is 3.52. The van der Waals surface area contributed by atoms with Crippen LogP contribution in [0.15, 0.2) is 42.6 Å². The van der Waals surface area contributed by atoms with Crippen molar-refractivity contribution in [3.05, 3.63) is 65.1 Å². The number of amides is 1. The fourth-order valence-corrected chi connectivity index (χ4v) is 2.80. The molecule has 0 saturated carbocycles. The Kier molecular flexibility index (Phi) is 4.52. The highest BCUT2D eigenvalue weighted by Crippen LogP contribution is 2.18. The minimum absolute atomic E-state index is 0.151. The summed E-state index contributed by atoms with van der Waals surface area (Å²) in [6.45, 7) is 3.76. The van der Waals surface area contributed by atoms with Crippen LogP contribution in [0.25, 0.3) is 5.65 Å². The van der Waals surface area contributed by atoms with Crippen molar-refractivity contribution in [2.45, 2.75) is 26.7 Å². The molecular formula is C19H19N3O3. The first kappa shape index (κ1) is 16.7. The van der Waals surface area contributed by atoms with Crippen molar-refractivity contribution in [2.75, 3.05) is 5.32 Å². The normalized spacial score (nSPS) is 10.8. The number of aromatic carboxylic acids is 1. The number of hydrogen-bond donors (Lipinski definition) is 2. The fraction of sp³-hybridized carbons (Fsp3) is 0.211. The van der Waals surface area contributed by atoms with E-state index in [2.05, 4.69) is 10.3 Å². The molecule has 128 valence electrons. The third-order valence-electron chi connectivity index (χ3n) is 4.18. The molecule has 2 aromatic heterocycles. The Bertz CT molecular complexity index is 960. The number of nitrogens with zero attached hydrogens (tertiary/aromatic N) is 2. The van der Waals surface area contributed by atoms with Crippen LogP contribution in [0.5, 0.6) is 0 Å². The van der Waals surface area contributed by atoms with Crippen LogP contribution in [0.2, 0.25) is 0 Å². The Hall–Kier alpha value is -3.15. The van der Waals surface area contributed by atoms with Gasteiger partial charge in [-0.15, -0.1) is 0 Å². The number of benzene rings is 1. The summed E-state index contributed by atoms with van der Waals surface area (Å²) < 4.78 is 1.99. The minimum atomic E-state index is -1.02. The zero-order valence-corrected chi connectivity index (χ0v) is 14.1. The van der Waals surface area contributed by atoms with Gasteiger partial charge in [0.1, 0.15) is 5.65 Å². The van der Waals surface area contributed by atoms with Crippen LogP contribution in [-0.4, -0.2) is 26.4 Å². The van der Waals surface area contributed by atoms with E-state index in [-0.39, 0.29) is 11.5 Å². The summed E-state index contributed by atoms with van der Waals surface area (Å²) in [7, 11) is 0. The lowest BCUT2D eigenvalue weighted by Gasteiger charge is -2.09. The number of carboxylic acid groups (broad SMARTS) is 1. The molecule has 2 N–H and O–H groups in total. The van der Waals surface area contributed by atoms with Crippen molar-refractivity contribution in [2.24, 2.45) is 0 Å². The second-order valence-corrected chi connectivity index (χ2v) is 5.96. The number of nitrogens with one attached hydrogen (secondary N) is 1. The Balaban J connectivity index is 1.72. The number of rotatable bonds is 5. The minimum Gasteiger partial charge on any atom is -0.478 e. The van der Waals surface area contributed by atoms with Gasteiger partial charge in [0.25, 0.3) is 0 Å². The second kappa shape index (κ2) is 6.76. The Morgan fingerprint density at radius 3 is 2.76 bits per heavy atom. The van der Waals surface area contributed by atoms with E-state index in [9.17, 15) is 9.59 Å². The van der Waals surface area contributed by atoms with Crippen molar-refractivity contribution in [1.29, 1.82) is 0 Å². The molecule has 0 aliphatic carbocycles. The van der Waals surface area contributed by atoms with Gasteiger partial charge < -0.3 is 14.8 Å². The second-order valence-electron chi connectivity index (χ2n) is 5.96. The van der Waals surface area contributed by atoms with Gasteiger partial charge in [-0.25, -0.2) is 9.78 Å². The van der Waals surface area contributed by atoms with E-state index < -0.39 is 5.97 Å². The van der Waals surface area contributed by atoms with E-state index in [1.165, 1.54) is 12.1 Å². The summed E-state index contributed by atoms with van der Waals surface area (Å²) in [4.78, 5) is 27.9.